The summed E-state index contributed by atoms with van der Waals surface area (Å²) in [7, 11) is 1.59. The molecule has 1 unspecified atom stereocenters. The molecule has 2 aromatic carbocycles. The number of hydrogen-bond acceptors (Lipinski definition) is 4. The van der Waals surface area contributed by atoms with Crippen LogP contribution in [0.2, 0.25) is 5.02 Å². The molecule has 3 rings (SSSR count). The minimum atomic E-state index is -0.797. The van der Waals surface area contributed by atoms with Crippen molar-refractivity contribution in [3.8, 4) is 17.0 Å². The van der Waals surface area contributed by atoms with Crippen LogP contribution < -0.4 is 15.6 Å². The number of methoxy groups -OCH3 is 1. The fourth-order valence-corrected chi connectivity index (χ4v) is 2.73. The Morgan fingerprint density at radius 3 is 2.56 bits per heavy atom. The first-order chi connectivity index (χ1) is 13.0. The van der Waals surface area contributed by atoms with Crippen molar-refractivity contribution >= 4 is 23.2 Å². The van der Waals surface area contributed by atoms with Gasteiger partial charge in [0.1, 0.15) is 11.8 Å². The second kappa shape index (κ2) is 8.05. The Balaban J connectivity index is 1.86. The van der Waals surface area contributed by atoms with Gasteiger partial charge in [-0.15, -0.1) is 0 Å². The van der Waals surface area contributed by atoms with Crippen LogP contribution in [0.4, 0.5) is 5.69 Å². The zero-order valence-corrected chi connectivity index (χ0v) is 15.6. The number of carbonyl (C=O) groups is 1. The fourth-order valence-electron chi connectivity index (χ4n) is 2.54. The maximum Gasteiger partial charge on any atom is 0.267 e. The molecule has 0 saturated carbocycles. The first kappa shape index (κ1) is 18.7. The normalized spacial score (nSPS) is 11.7. The van der Waals surface area contributed by atoms with Gasteiger partial charge in [-0.3, -0.25) is 9.59 Å². The first-order valence-corrected chi connectivity index (χ1v) is 8.66. The molecule has 1 amide bonds. The highest BCUT2D eigenvalue weighted by Crippen LogP contribution is 2.20. The summed E-state index contributed by atoms with van der Waals surface area (Å²) in [6.45, 7) is 1.62. The number of hydrogen-bond donors (Lipinski definition) is 1. The first-order valence-electron chi connectivity index (χ1n) is 8.28. The van der Waals surface area contributed by atoms with Crippen LogP contribution in [-0.2, 0) is 4.79 Å². The molecule has 0 aliphatic heterocycles. The van der Waals surface area contributed by atoms with E-state index in [0.29, 0.717) is 16.4 Å². The molecule has 0 aliphatic rings. The predicted octanol–water partition coefficient (Wildman–Crippen LogP) is 3.77. The number of amides is 1. The number of aromatic nitrogens is 2. The Morgan fingerprint density at radius 1 is 1.15 bits per heavy atom. The molecule has 6 nitrogen and oxygen atoms in total. The third-order valence-corrected chi connectivity index (χ3v) is 4.28. The predicted molar refractivity (Wildman–Crippen MR) is 105 cm³/mol. The topological polar surface area (TPSA) is 73.2 Å². The molecule has 27 heavy (non-hydrogen) atoms. The molecule has 0 fully saturated rings. The maximum absolute atomic E-state index is 12.5. The summed E-state index contributed by atoms with van der Waals surface area (Å²) in [5.41, 5.74) is 1.59. The standard InChI is InChI=1S/C20H18ClN3O3/c1-13(20(26)22-16-5-3-4-15(21)12-16)24-19(25)11-10-18(23-24)14-6-8-17(27-2)9-7-14/h3-13H,1-2H3,(H,22,26). The van der Waals surface area contributed by atoms with Crippen molar-refractivity contribution in [2.75, 3.05) is 12.4 Å². The van der Waals surface area contributed by atoms with Gasteiger partial charge in [0.2, 0.25) is 5.91 Å². The number of carbonyl (C=O) groups excluding carboxylic acids is 1. The number of rotatable bonds is 5. The van der Waals surface area contributed by atoms with Gasteiger partial charge in [-0.05, 0) is 55.5 Å². The zero-order valence-electron chi connectivity index (χ0n) is 14.8. The number of nitrogens with zero attached hydrogens (tertiary/aromatic N) is 2. The Morgan fingerprint density at radius 2 is 1.89 bits per heavy atom. The van der Waals surface area contributed by atoms with Crippen LogP contribution in [0.1, 0.15) is 13.0 Å². The summed E-state index contributed by atoms with van der Waals surface area (Å²) >= 11 is 5.93. The van der Waals surface area contributed by atoms with Crippen LogP contribution in [-0.4, -0.2) is 22.8 Å². The summed E-state index contributed by atoms with van der Waals surface area (Å²) < 4.78 is 6.31. The molecule has 0 bridgehead atoms. The largest absolute Gasteiger partial charge is 0.497 e. The summed E-state index contributed by atoms with van der Waals surface area (Å²) in [5, 5.41) is 7.61. The molecule has 1 heterocycles. The van der Waals surface area contributed by atoms with Crippen molar-refractivity contribution < 1.29 is 9.53 Å². The van der Waals surface area contributed by atoms with Gasteiger partial charge in [0.15, 0.2) is 0 Å². The summed E-state index contributed by atoms with van der Waals surface area (Å²) in [6.07, 6.45) is 0. The van der Waals surface area contributed by atoms with Crippen LogP contribution >= 0.6 is 11.6 Å². The van der Waals surface area contributed by atoms with Gasteiger partial charge in [-0.1, -0.05) is 17.7 Å². The quantitative estimate of drug-likeness (QED) is 0.727. The molecular weight excluding hydrogens is 366 g/mol. The highest BCUT2D eigenvalue weighted by molar-refractivity contribution is 6.30. The molecule has 138 valence electrons. The van der Waals surface area contributed by atoms with Gasteiger partial charge in [-0.2, -0.15) is 5.10 Å². The zero-order chi connectivity index (χ0) is 19.4. The van der Waals surface area contributed by atoms with E-state index < -0.39 is 6.04 Å². The fraction of sp³-hybridized carbons (Fsp3) is 0.150. The molecule has 1 atom stereocenters. The highest BCUT2D eigenvalue weighted by atomic mass is 35.5. The van der Waals surface area contributed by atoms with E-state index in [1.165, 1.54) is 10.7 Å². The van der Waals surface area contributed by atoms with E-state index in [9.17, 15) is 9.59 Å². The molecule has 0 saturated heterocycles. The van der Waals surface area contributed by atoms with Gasteiger partial charge in [0.25, 0.3) is 5.56 Å². The van der Waals surface area contributed by atoms with E-state index >= 15 is 0 Å². The lowest BCUT2D eigenvalue weighted by Crippen LogP contribution is -2.33. The Bertz CT molecular complexity index is 1020. The van der Waals surface area contributed by atoms with Gasteiger partial charge < -0.3 is 10.1 Å². The van der Waals surface area contributed by atoms with Gasteiger partial charge in [0.05, 0.1) is 12.8 Å². The monoisotopic (exact) mass is 383 g/mol. The smallest absolute Gasteiger partial charge is 0.267 e. The molecule has 0 radical (unpaired) electrons. The Kier molecular flexibility index (Phi) is 5.57. The molecule has 7 heteroatoms. The number of ether oxygens (including phenoxy) is 1. The molecular formula is C20H18ClN3O3. The maximum atomic E-state index is 12.5. The summed E-state index contributed by atoms with van der Waals surface area (Å²) in [5.74, 6) is 0.361. The van der Waals surface area contributed by atoms with E-state index in [1.54, 1.807) is 44.4 Å². The van der Waals surface area contributed by atoms with Crippen LogP contribution in [0, 0.1) is 0 Å². The minimum Gasteiger partial charge on any atom is -0.497 e. The van der Waals surface area contributed by atoms with E-state index in [-0.39, 0.29) is 11.5 Å². The third-order valence-electron chi connectivity index (χ3n) is 4.05. The number of benzene rings is 2. The van der Waals surface area contributed by atoms with Crippen LogP contribution in [0.15, 0.2) is 65.5 Å². The lowest BCUT2D eigenvalue weighted by atomic mass is 10.1. The van der Waals surface area contributed by atoms with Crippen LogP contribution in [0.25, 0.3) is 11.3 Å². The van der Waals surface area contributed by atoms with Gasteiger partial charge >= 0.3 is 0 Å². The second-order valence-electron chi connectivity index (χ2n) is 5.91. The van der Waals surface area contributed by atoms with Crippen molar-refractivity contribution in [2.45, 2.75) is 13.0 Å². The number of nitrogens with one attached hydrogen (secondary N) is 1. The van der Waals surface area contributed by atoms with Crippen LogP contribution in [0.3, 0.4) is 0 Å². The van der Waals surface area contributed by atoms with Gasteiger partial charge in [0, 0.05) is 22.3 Å². The molecule has 1 N–H and O–H groups in total. The molecule has 1 aromatic heterocycles. The van der Waals surface area contributed by atoms with Crippen LogP contribution in [0.5, 0.6) is 5.75 Å². The van der Waals surface area contributed by atoms with E-state index in [1.807, 2.05) is 24.3 Å². The SMILES string of the molecule is COc1ccc(-c2ccc(=O)n(C(C)C(=O)Nc3cccc(Cl)c3)n2)cc1. The van der Waals surface area contributed by atoms with E-state index in [0.717, 1.165) is 11.3 Å². The van der Waals surface area contributed by atoms with E-state index in [4.69, 9.17) is 16.3 Å². The van der Waals surface area contributed by atoms with Crippen molar-refractivity contribution in [1.29, 1.82) is 0 Å². The highest BCUT2D eigenvalue weighted by Gasteiger charge is 2.18. The number of anilines is 1. The molecule has 0 spiro atoms. The summed E-state index contributed by atoms with van der Waals surface area (Å²) in [6, 6.07) is 16.3. The van der Waals surface area contributed by atoms with Crippen molar-refractivity contribution in [3.63, 3.8) is 0 Å². The third kappa shape index (κ3) is 4.35. The van der Waals surface area contributed by atoms with E-state index in [2.05, 4.69) is 10.4 Å². The van der Waals surface area contributed by atoms with Gasteiger partial charge in [-0.25, -0.2) is 4.68 Å². The Labute approximate surface area is 161 Å². The lowest BCUT2D eigenvalue weighted by Gasteiger charge is -2.15. The minimum absolute atomic E-state index is 0.360. The molecule has 0 aliphatic carbocycles. The van der Waals surface area contributed by atoms with Crippen molar-refractivity contribution in [2.24, 2.45) is 0 Å². The average Bonchev–Trinajstić information content (AvgIpc) is 2.68. The Hall–Kier alpha value is -3.12. The second-order valence-corrected chi connectivity index (χ2v) is 6.34. The van der Waals surface area contributed by atoms with Crippen molar-refractivity contribution in [3.05, 3.63) is 76.0 Å². The van der Waals surface area contributed by atoms with Crippen molar-refractivity contribution in [1.82, 2.24) is 9.78 Å². The average molecular weight is 384 g/mol. The lowest BCUT2D eigenvalue weighted by molar-refractivity contribution is -0.119. The number of halogens is 1. The molecule has 3 aromatic rings. The summed E-state index contributed by atoms with van der Waals surface area (Å²) in [4.78, 5) is 24.8.